The highest BCUT2D eigenvalue weighted by Crippen LogP contribution is 2.19. The van der Waals surface area contributed by atoms with E-state index in [9.17, 15) is 10.1 Å². The highest BCUT2D eigenvalue weighted by Gasteiger charge is 2.13. The molecule has 0 bridgehead atoms. The van der Waals surface area contributed by atoms with Gasteiger partial charge in [0.2, 0.25) is 0 Å². The lowest BCUT2D eigenvalue weighted by atomic mass is 10.3. The predicted octanol–water partition coefficient (Wildman–Crippen LogP) is 2.39. The van der Waals surface area contributed by atoms with Gasteiger partial charge in [-0.2, -0.15) is 0 Å². The molecule has 0 N–H and O–H groups in total. The van der Waals surface area contributed by atoms with E-state index in [2.05, 4.69) is 32.8 Å². The monoisotopic (exact) mass is 274 g/mol. The Bertz CT molecular complexity index is 425. The van der Waals surface area contributed by atoms with Gasteiger partial charge in [0.25, 0.3) is 0 Å². The third-order valence-corrected chi connectivity index (χ3v) is 1.79. The van der Waals surface area contributed by atoms with Crippen molar-refractivity contribution in [3.05, 3.63) is 33.1 Å². The number of nitro groups is 1. The SMILES string of the molecule is O=[N+]([O-])c1cc(Cl)cnc1C#CCBr. The van der Waals surface area contributed by atoms with Crippen molar-refractivity contribution >= 4 is 33.2 Å². The minimum atomic E-state index is -0.558. The summed E-state index contributed by atoms with van der Waals surface area (Å²) in [5.41, 5.74) is -0.0511. The zero-order chi connectivity index (χ0) is 10.6. The second kappa shape index (κ2) is 4.94. The van der Waals surface area contributed by atoms with Gasteiger partial charge in [-0.05, 0) is 5.92 Å². The molecule has 0 spiro atoms. The van der Waals surface area contributed by atoms with Crippen molar-refractivity contribution in [3.63, 3.8) is 0 Å². The zero-order valence-electron chi connectivity index (χ0n) is 6.83. The molecule has 1 aromatic heterocycles. The number of hydrogen-bond donors (Lipinski definition) is 0. The summed E-state index contributed by atoms with van der Waals surface area (Å²) >= 11 is 8.66. The first-order valence-corrected chi connectivity index (χ1v) is 5.00. The largest absolute Gasteiger partial charge is 0.304 e. The molecule has 0 aliphatic carbocycles. The Labute approximate surface area is 93.6 Å². The Morgan fingerprint density at radius 3 is 3.00 bits per heavy atom. The fourth-order valence-electron chi connectivity index (χ4n) is 0.781. The van der Waals surface area contributed by atoms with Crippen LogP contribution in [0.3, 0.4) is 0 Å². The molecule has 4 nitrogen and oxygen atoms in total. The van der Waals surface area contributed by atoms with E-state index < -0.39 is 4.92 Å². The summed E-state index contributed by atoms with van der Waals surface area (Å²) < 4.78 is 0. The van der Waals surface area contributed by atoms with Gasteiger partial charge >= 0.3 is 5.69 Å². The van der Waals surface area contributed by atoms with Crippen LogP contribution in [0.4, 0.5) is 5.69 Å². The number of halogens is 2. The maximum absolute atomic E-state index is 10.6. The summed E-state index contributed by atoms with van der Waals surface area (Å²) in [6.07, 6.45) is 1.33. The second-order valence-electron chi connectivity index (χ2n) is 2.21. The van der Waals surface area contributed by atoms with Gasteiger partial charge in [-0.15, -0.1) is 0 Å². The first-order chi connectivity index (χ1) is 6.65. The summed E-state index contributed by atoms with van der Waals surface area (Å²) in [4.78, 5) is 13.8. The molecule has 1 rings (SSSR count). The molecule has 0 radical (unpaired) electrons. The Balaban J connectivity index is 3.22. The summed E-state index contributed by atoms with van der Waals surface area (Å²) in [7, 11) is 0. The van der Waals surface area contributed by atoms with Gasteiger partial charge in [0.15, 0.2) is 5.69 Å². The molecule has 0 fully saturated rings. The third kappa shape index (κ3) is 2.69. The van der Waals surface area contributed by atoms with Gasteiger partial charge in [-0.25, -0.2) is 4.98 Å². The van der Waals surface area contributed by atoms with E-state index in [0.717, 1.165) is 0 Å². The average Bonchev–Trinajstić information content (AvgIpc) is 2.15. The molecule has 0 unspecified atom stereocenters. The number of nitrogens with zero attached hydrogens (tertiary/aromatic N) is 2. The molecule has 0 aliphatic rings. The first-order valence-electron chi connectivity index (χ1n) is 3.50. The quantitative estimate of drug-likeness (QED) is 0.342. The van der Waals surface area contributed by atoms with Crippen molar-refractivity contribution in [3.8, 4) is 11.8 Å². The maximum Gasteiger partial charge on any atom is 0.304 e. The Morgan fingerprint density at radius 1 is 1.71 bits per heavy atom. The standard InChI is InChI=1S/C8H4BrClN2O2/c9-3-1-2-7-8(12(13)14)4-6(10)5-11-7/h4-5H,3H2. The first kappa shape index (κ1) is 11.0. The van der Waals surface area contributed by atoms with Crippen LogP contribution in [-0.2, 0) is 0 Å². The van der Waals surface area contributed by atoms with E-state index in [1.54, 1.807) is 0 Å². The molecular formula is C8H4BrClN2O2. The minimum Gasteiger partial charge on any atom is -0.258 e. The molecule has 0 atom stereocenters. The number of pyridine rings is 1. The van der Waals surface area contributed by atoms with Gasteiger partial charge in [0, 0.05) is 12.3 Å². The lowest BCUT2D eigenvalue weighted by molar-refractivity contribution is -0.385. The van der Waals surface area contributed by atoms with Crippen LogP contribution in [0, 0.1) is 22.0 Å². The molecule has 1 heterocycles. The molecular weight excluding hydrogens is 271 g/mol. The van der Waals surface area contributed by atoms with Gasteiger partial charge in [-0.1, -0.05) is 33.5 Å². The zero-order valence-corrected chi connectivity index (χ0v) is 9.17. The second-order valence-corrected chi connectivity index (χ2v) is 3.21. The summed E-state index contributed by atoms with van der Waals surface area (Å²) in [5, 5.41) is 11.2. The molecule has 0 aromatic carbocycles. The number of aromatic nitrogens is 1. The smallest absolute Gasteiger partial charge is 0.258 e. The van der Waals surface area contributed by atoms with Crippen LogP contribution >= 0.6 is 27.5 Å². The number of rotatable bonds is 1. The van der Waals surface area contributed by atoms with Crippen molar-refractivity contribution in [1.29, 1.82) is 0 Å². The summed E-state index contributed by atoms with van der Waals surface area (Å²) in [6.45, 7) is 0. The van der Waals surface area contributed by atoms with E-state index >= 15 is 0 Å². The fourth-order valence-corrected chi connectivity index (χ4v) is 1.07. The van der Waals surface area contributed by atoms with E-state index in [0.29, 0.717) is 5.33 Å². The highest BCUT2D eigenvalue weighted by atomic mass is 79.9. The Hall–Kier alpha value is -1.12. The van der Waals surface area contributed by atoms with Crippen LogP contribution in [0.5, 0.6) is 0 Å². The minimum absolute atomic E-state index is 0.124. The highest BCUT2D eigenvalue weighted by molar-refractivity contribution is 9.09. The van der Waals surface area contributed by atoms with Crippen LogP contribution in [-0.4, -0.2) is 15.2 Å². The predicted molar refractivity (Wildman–Crippen MR) is 56.6 cm³/mol. The molecule has 0 saturated carbocycles. The third-order valence-electron chi connectivity index (χ3n) is 1.30. The number of alkyl halides is 1. The summed E-state index contributed by atoms with van der Waals surface area (Å²) in [5.74, 6) is 5.20. The summed E-state index contributed by atoms with van der Waals surface area (Å²) in [6, 6.07) is 1.23. The van der Waals surface area contributed by atoms with Crippen molar-refractivity contribution in [2.45, 2.75) is 0 Å². The van der Waals surface area contributed by atoms with Gasteiger partial charge < -0.3 is 0 Å². The molecule has 6 heteroatoms. The van der Waals surface area contributed by atoms with Crippen molar-refractivity contribution in [2.75, 3.05) is 5.33 Å². The van der Waals surface area contributed by atoms with Gasteiger partial charge in [-0.3, -0.25) is 10.1 Å². The van der Waals surface area contributed by atoms with Gasteiger partial charge in [0.1, 0.15) is 0 Å². The van der Waals surface area contributed by atoms with Crippen molar-refractivity contribution < 1.29 is 4.92 Å². The van der Waals surface area contributed by atoms with Crippen LogP contribution < -0.4 is 0 Å². The molecule has 0 saturated heterocycles. The van der Waals surface area contributed by atoms with Crippen LogP contribution in [0.15, 0.2) is 12.3 Å². The van der Waals surface area contributed by atoms with E-state index in [1.165, 1.54) is 12.3 Å². The van der Waals surface area contributed by atoms with Crippen molar-refractivity contribution in [1.82, 2.24) is 4.98 Å². The van der Waals surface area contributed by atoms with E-state index in [1.807, 2.05) is 0 Å². The lowest BCUT2D eigenvalue weighted by Crippen LogP contribution is -1.94. The average molecular weight is 275 g/mol. The molecule has 0 amide bonds. The number of hydrogen-bond acceptors (Lipinski definition) is 3. The normalized spacial score (nSPS) is 9.00. The van der Waals surface area contributed by atoms with Crippen LogP contribution in [0.2, 0.25) is 5.02 Å². The molecule has 72 valence electrons. The van der Waals surface area contributed by atoms with Crippen LogP contribution in [0.25, 0.3) is 0 Å². The fraction of sp³-hybridized carbons (Fsp3) is 0.125. The van der Waals surface area contributed by atoms with Crippen LogP contribution in [0.1, 0.15) is 5.69 Å². The molecule has 14 heavy (non-hydrogen) atoms. The van der Waals surface area contributed by atoms with E-state index in [-0.39, 0.29) is 16.4 Å². The Morgan fingerprint density at radius 2 is 2.43 bits per heavy atom. The van der Waals surface area contributed by atoms with Crippen molar-refractivity contribution in [2.24, 2.45) is 0 Å². The molecule has 1 aromatic rings. The lowest BCUT2D eigenvalue weighted by Gasteiger charge is -1.94. The maximum atomic E-state index is 10.6. The Kier molecular flexibility index (Phi) is 3.86. The van der Waals surface area contributed by atoms with Gasteiger partial charge in [0.05, 0.1) is 15.3 Å². The molecule has 0 aliphatic heterocycles. The topological polar surface area (TPSA) is 56.0 Å². The van der Waals surface area contributed by atoms with E-state index in [4.69, 9.17) is 11.6 Å².